The Kier molecular flexibility index (Phi) is 11.2. The first-order chi connectivity index (χ1) is 20.4. The Balaban J connectivity index is 1.55. The van der Waals surface area contributed by atoms with Crippen molar-refractivity contribution >= 4 is 41.6 Å². The minimum atomic E-state index is -3.61. The summed E-state index contributed by atoms with van der Waals surface area (Å²) in [5.41, 5.74) is 2.53. The summed E-state index contributed by atoms with van der Waals surface area (Å²) in [6.07, 6.45) is 2.71. The van der Waals surface area contributed by atoms with Crippen molar-refractivity contribution in [1.82, 2.24) is 15.0 Å². The Morgan fingerprint density at radius 2 is 1.71 bits per heavy atom. The van der Waals surface area contributed by atoms with Gasteiger partial charge in [0.05, 0.1) is 36.7 Å². The SMILES string of the molecule is CCOP(=O)(CC(=O)Nc1cc2c(Nc3ccc(OCc4ccccn4)cc3)ncnc2cc1OCCOC)OCC. The molecule has 0 fully saturated rings. The lowest BCUT2D eigenvalue weighted by Gasteiger charge is -2.18. The number of aromatic nitrogens is 3. The molecule has 0 aliphatic heterocycles. The highest BCUT2D eigenvalue weighted by Crippen LogP contribution is 2.48. The first-order valence-corrected chi connectivity index (χ1v) is 15.1. The van der Waals surface area contributed by atoms with E-state index in [-0.39, 0.29) is 19.8 Å². The molecular formula is C29H34N5O7P. The van der Waals surface area contributed by atoms with Crippen molar-refractivity contribution in [3.8, 4) is 11.5 Å². The number of ether oxygens (including phenoxy) is 3. The molecule has 0 bridgehead atoms. The first kappa shape index (κ1) is 30.9. The number of anilines is 3. The second-order valence-electron chi connectivity index (χ2n) is 8.84. The summed E-state index contributed by atoms with van der Waals surface area (Å²) in [4.78, 5) is 26.0. The molecule has 4 rings (SSSR count). The Hall–Kier alpha value is -4.09. The lowest BCUT2D eigenvalue weighted by Crippen LogP contribution is -2.19. The van der Waals surface area contributed by atoms with Crippen LogP contribution in [0.2, 0.25) is 0 Å². The number of nitrogens with one attached hydrogen (secondary N) is 2. The molecule has 2 N–H and O–H groups in total. The highest BCUT2D eigenvalue weighted by molar-refractivity contribution is 7.54. The average Bonchev–Trinajstić information content (AvgIpc) is 2.98. The van der Waals surface area contributed by atoms with E-state index >= 15 is 0 Å². The molecule has 13 heteroatoms. The van der Waals surface area contributed by atoms with E-state index in [1.165, 1.54) is 6.33 Å². The highest BCUT2D eigenvalue weighted by Gasteiger charge is 2.28. The number of carbonyl (C=O) groups is 1. The van der Waals surface area contributed by atoms with E-state index in [0.29, 0.717) is 47.1 Å². The smallest absolute Gasteiger partial charge is 0.340 e. The van der Waals surface area contributed by atoms with Crippen molar-refractivity contribution in [2.45, 2.75) is 20.5 Å². The number of hydrogen-bond donors (Lipinski definition) is 2. The maximum absolute atomic E-state index is 13.0. The zero-order chi connectivity index (χ0) is 29.8. The summed E-state index contributed by atoms with van der Waals surface area (Å²) in [6, 6.07) is 16.5. The van der Waals surface area contributed by atoms with Gasteiger partial charge >= 0.3 is 7.60 Å². The quantitative estimate of drug-likeness (QED) is 0.124. The van der Waals surface area contributed by atoms with Gasteiger partial charge < -0.3 is 33.9 Å². The number of rotatable bonds is 16. The van der Waals surface area contributed by atoms with E-state index in [9.17, 15) is 9.36 Å². The van der Waals surface area contributed by atoms with Crippen LogP contribution in [0.5, 0.6) is 11.5 Å². The van der Waals surface area contributed by atoms with E-state index in [1.54, 1.807) is 39.3 Å². The number of carbonyl (C=O) groups excluding carboxylic acids is 1. The normalized spacial score (nSPS) is 11.3. The van der Waals surface area contributed by atoms with Gasteiger partial charge in [-0.3, -0.25) is 14.3 Å². The van der Waals surface area contributed by atoms with Crippen LogP contribution in [0.25, 0.3) is 10.9 Å². The molecule has 0 spiro atoms. The fourth-order valence-corrected chi connectivity index (χ4v) is 5.41. The molecule has 42 heavy (non-hydrogen) atoms. The van der Waals surface area contributed by atoms with E-state index in [4.69, 9.17) is 23.3 Å². The van der Waals surface area contributed by atoms with Gasteiger partial charge in [-0.25, -0.2) is 9.97 Å². The Bertz CT molecular complexity index is 1500. The largest absolute Gasteiger partial charge is 0.489 e. The monoisotopic (exact) mass is 595 g/mol. The first-order valence-electron chi connectivity index (χ1n) is 13.4. The lowest BCUT2D eigenvalue weighted by molar-refractivity contribution is -0.114. The number of hydrogen-bond acceptors (Lipinski definition) is 11. The molecule has 0 aliphatic carbocycles. The van der Waals surface area contributed by atoms with Crippen molar-refractivity contribution < 1.29 is 32.6 Å². The molecule has 4 aromatic rings. The lowest BCUT2D eigenvalue weighted by atomic mass is 10.1. The summed E-state index contributed by atoms with van der Waals surface area (Å²) in [5, 5.41) is 6.71. The van der Waals surface area contributed by atoms with Gasteiger partial charge in [0.25, 0.3) is 0 Å². The van der Waals surface area contributed by atoms with Gasteiger partial charge in [0, 0.05) is 30.4 Å². The average molecular weight is 596 g/mol. The summed E-state index contributed by atoms with van der Waals surface area (Å²) >= 11 is 0. The van der Waals surface area contributed by atoms with Crippen LogP contribution in [0, 0.1) is 0 Å². The number of nitrogens with zero attached hydrogens (tertiary/aromatic N) is 3. The minimum absolute atomic E-state index is 0.148. The Labute approximate surface area is 244 Å². The van der Waals surface area contributed by atoms with Gasteiger partial charge in [0.15, 0.2) is 0 Å². The molecule has 222 valence electrons. The molecule has 2 heterocycles. The number of methoxy groups -OCH3 is 1. The predicted octanol–water partition coefficient (Wildman–Crippen LogP) is 5.58. The van der Waals surface area contributed by atoms with Crippen molar-refractivity contribution in [1.29, 1.82) is 0 Å². The molecule has 0 saturated carbocycles. The molecule has 0 saturated heterocycles. The third-order valence-electron chi connectivity index (χ3n) is 5.77. The molecular weight excluding hydrogens is 561 g/mol. The molecule has 12 nitrogen and oxygen atoms in total. The molecule has 1 amide bonds. The number of pyridine rings is 1. The van der Waals surface area contributed by atoms with Gasteiger partial charge in [-0.2, -0.15) is 0 Å². The van der Waals surface area contributed by atoms with E-state index in [2.05, 4.69) is 25.6 Å². The highest BCUT2D eigenvalue weighted by atomic mass is 31.2. The van der Waals surface area contributed by atoms with Gasteiger partial charge in [0.2, 0.25) is 5.91 Å². The molecule has 0 atom stereocenters. The fraction of sp³-hybridized carbons (Fsp3) is 0.310. The van der Waals surface area contributed by atoms with Crippen LogP contribution < -0.4 is 20.1 Å². The molecule has 0 unspecified atom stereocenters. The maximum atomic E-state index is 13.0. The second-order valence-corrected chi connectivity index (χ2v) is 10.9. The van der Waals surface area contributed by atoms with Crippen molar-refractivity contribution in [2.75, 3.05) is 50.3 Å². The van der Waals surface area contributed by atoms with E-state index < -0.39 is 19.7 Å². The molecule has 0 radical (unpaired) electrons. The van der Waals surface area contributed by atoms with Crippen LogP contribution in [0.15, 0.2) is 67.1 Å². The zero-order valence-electron chi connectivity index (χ0n) is 23.7. The topological polar surface area (TPSA) is 143 Å². The van der Waals surface area contributed by atoms with Crippen molar-refractivity contribution in [2.24, 2.45) is 0 Å². The Morgan fingerprint density at radius 1 is 0.929 bits per heavy atom. The van der Waals surface area contributed by atoms with E-state index in [0.717, 1.165) is 11.4 Å². The number of benzene rings is 2. The fourth-order valence-electron chi connectivity index (χ4n) is 3.94. The zero-order valence-corrected chi connectivity index (χ0v) is 24.6. The van der Waals surface area contributed by atoms with Gasteiger partial charge in [-0.15, -0.1) is 0 Å². The standard InChI is InChI=1S/C29H34N5O7P/c1-4-40-42(36,41-5-2)19-28(35)34-26-16-24-25(17-27(26)38-15-14-37-3)31-20-32-29(24)33-21-9-11-23(12-10-21)39-18-22-8-6-7-13-30-22/h6-13,16-17,20H,4-5,14-15,18-19H2,1-3H3,(H,34,35)(H,31,32,33). The predicted molar refractivity (Wildman–Crippen MR) is 160 cm³/mol. The molecule has 0 aliphatic rings. The third kappa shape index (κ3) is 8.70. The number of fused-ring (bicyclic) bond motifs is 1. The summed E-state index contributed by atoms with van der Waals surface area (Å²) in [5.74, 6) is 1.02. The van der Waals surface area contributed by atoms with Gasteiger partial charge in [0.1, 0.15) is 43.0 Å². The minimum Gasteiger partial charge on any atom is -0.489 e. The third-order valence-corrected chi connectivity index (χ3v) is 7.75. The summed E-state index contributed by atoms with van der Waals surface area (Å²) in [6.45, 7) is 4.61. The van der Waals surface area contributed by atoms with Crippen molar-refractivity contribution in [3.63, 3.8) is 0 Å². The van der Waals surface area contributed by atoms with Crippen LogP contribution in [0.1, 0.15) is 19.5 Å². The van der Waals surface area contributed by atoms with Crippen molar-refractivity contribution in [3.05, 3.63) is 72.8 Å². The summed E-state index contributed by atoms with van der Waals surface area (Å²) < 4.78 is 40.2. The van der Waals surface area contributed by atoms with Crippen LogP contribution in [-0.2, 0) is 29.8 Å². The van der Waals surface area contributed by atoms with Gasteiger partial charge in [-0.05, 0) is 56.3 Å². The van der Waals surface area contributed by atoms with Crippen LogP contribution >= 0.6 is 7.60 Å². The van der Waals surface area contributed by atoms with Crippen LogP contribution in [-0.4, -0.2) is 60.6 Å². The second kappa shape index (κ2) is 15.2. The maximum Gasteiger partial charge on any atom is 0.340 e. The molecule has 2 aromatic heterocycles. The van der Waals surface area contributed by atoms with E-state index in [1.807, 2.05) is 42.5 Å². The van der Waals surface area contributed by atoms with Crippen LogP contribution in [0.3, 0.4) is 0 Å². The van der Waals surface area contributed by atoms with Gasteiger partial charge in [-0.1, -0.05) is 6.07 Å². The number of amides is 1. The van der Waals surface area contributed by atoms with Crippen LogP contribution in [0.4, 0.5) is 17.2 Å². The molecule has 2 aromatic carbocycles. The summed E-state index contributed by atoms with van der Waals surface area (Å²) in [7, 11) is -2.04. The Morgan fingerprint density at radius 3 is 2.40 bits per heavy atom.